The molecule has 1 aromatic carbocycles. The van der Waals surface area contributed by atoms with E-state index < -0.39 is 0 Å². The summed E-state index contributed by atoms with van der Waals surface area (Å²) in [5.74, 6) is 1.22. The second-order valence-electron chi connectivity index (χ2n) is 7.86. The number of nitrogens with zero attached hydrogens (tertiary/aromatic N) is 5. The third-order valence-electron chi connectivity index (χ3n) is 5.71. The van der Waals surface area contributed by atoms with E-state index in [1.54, 1.807) is 23.5 Å². The van der Waals surface area contributed by atoms with Crippen LogP contribution in [0.2, 0.25) is 0 Å². The number of piperazine rings is 1. The first-order valence-corrected chi connectivity index (χ1v) is 12.4. The van der Waals surface area contributed by atoms with Crippen LogP contribution in [0.1, 0.15) is 29.6 Å². The first-order valence-electron chi connectivity index (χ1n) is 10.6. The molecule has 162 valence electrons. The predicted octanol–water partition coefficient (Wildman–Crippen LogP) is 3.85. The van der Waals surface area contributed by atoms with E-state index in [4.69, 9.17) is 0 Å². The van der Waals surface area contributed by atoms with Gasteiger partial charge in [-0.3, -0.25) is 4.79 Å². The number of thiophene rings is 1. The molecule has 3 heterocycles. The van der Waals surface area contributed by atoms with Crippen LogP contribution in [0.25, 0.3) is 0 Å². The van der Waals surface area contributed by atoms with E-state index >= 15 is 0 Å². The summed E-state index contributed by atoms with van der Waals surface area (Å²) >= 11 is 3.21. The van der Waals surface area contributed by atoms with Gasteiger partial charge < -0.3 is 14.4 Å². The van der Waals surface area contributed by atoms with Gasteiger partial charge in [-0.15, -0.1) is 21.5 Å². The monoisotopic (exact) mass is 457 g/mol. The molecule has 3 aromatic rings. The van der Waals surface area contributed by atoms with Crippen LogP contribution >= 0.6 is 23.1 Å². The Balaban J connectivity index is 1.18. The molecular formula is C22H24FN5OS2. The van der Waals surface area contributed by atoms with E-state index in [-0.39, 0.29) is 11.7 Å². The lowest BCUT2D eigenvalue weighted by atomic mass is 10.2. The van der Waals surface area contributed by atoms with Crippen molar-refractivity contribution in [1.82, 2.24) is 19.7 Å². The third-order valence-corrected chi connectivity index (χ3v) is 7.51. The molecule has 6 nitrogen and oxygen atoms in total. The average Bonchev–Trinajstić information content (AvgIpc) is 3.34. The number of anilines is 1. The van der Waals surface area contributed by atoms with Crippen LogP contribution < -0.4 is 4.90 Å². The highest BCUT2D eigenvalue weighted by Crippen LogP contribution is 2.39. The molecule has 2 aromatic heterocycles. The zero-order valence-corrected chi connectivity index (χ0v) is 18.7. The fraction of sp³-hybridized carbons (Fsp3) is 0.409. The summed E-state index contributed by atoms with van der Waals surface area (Å²) in [4.78, 5) is 17.9. The Hall–Kier alpha value is -2.39. The van der Waals surface area contributed by atoms with Crippen molar-refractivity contribution in [3.8, 4) is 0 Å². The van der Waals surface area contributed by atoms with Crippen LogP contribution in [-0.4, -0.2) is 57.5 Å². The Kier molecular flexibility index (Phi) is 5.95. The highest BCUT2D eigenvalue weighted by Gasteiger charge is 2.30. The van der Waals surface area contributed by atoms with Gasteiger partial charge in [-0.05, 0) is 36.4 Å². The number of carbonyl (C=O) groups is 1. The zero-order chi connectivity index (χ0) is 21.2. The van der Waals surface area contributed by atoms with Crippen molar-refractivity contribution in [3.63, 3.8) is 0 Å². The van der Waals surface area contributed by atoms with Crippen LogP contribution in [-0.2, 0) is 11.2 Å². The summed E-state index contributed by atoms with van der Waals surface area (Å²) in [5, 5.41) is 11.7. The minimum atomic E-state index is -0.212. The van der Waals surface area contributed by atoms with Crippen LogP contribution in [0.3, 0.4) is 0 Å². The van der Waals surface area contributed by atoms with Crippen molar-refractivity contribution < 1.29 is 9.18 Å². The largest absolute Gasteiger partial charge is 0.366 e. The van der Waals surface area contributed by atoms with E-state index in [2.05, 4.69) is 32.3 Å². The first kappa shape index (κ1) is 20.5. The molecule has 0 bridgehead atoms. The molecule has 1 aliphatic heterocycles. The Morgan fingerprint density at radius 3 is 2.61 bits per heavy atom. The Labute approximate surface area is 189 Å². The SMILES string of the molecule is O=C(CSc1nnc(Cc2cccs2)n1C1CC1)N1CCN(c2ccccc2F)CC1. The number of halogens is 1. The number of aromatic nitrogens is 3. The molecule has 0 radical (unpaired) electrons. The number of thioether (sulfide) groups is 1. The van der Waals surface area contributed by atoms with Crippen molar-refractivity contribution in [1.29, 1.82) is 0 Å². The lowest BCUT2D eigenvalue weighted by Crippen LogP contribution is -2.49. The zero-order valence-electron chi connectivity index (χ0n) is 17.1. The summed E-state index contributed by atoms with van der Waals surface area (Å²) in [6, 6.07) is 11.4. The molecule has 31 heavy (non-hydrogen) atoms. The smallest absolute Gasteiger partial charge is 0.233 e. The molecule has 0 N–H and O–H groups in total. The number of benzene rings is 1. The van der Waals surface area contributed by atoms with E-state index in [9.17, 15) is 9.18 Å². The van der Waals surface area contributed by atoms with Crippen molar-refractivity contribution in [2.45, 2.75) is 30.5 Å². The molecule has 5 rings (SSSR count). The van der Waals surface area contributed by atoms with Gasteiger partial charge in [0.2, 0.25) is 5.91 Å². The van der Waals surface area contributed by atoms with Crippen LogP contribution in [0.4, 0.5) is 10.1 Å². The van der Waals surface area contributed by atoms with Crippen molar-refractivity contribution >= 4 is 34.7 Å². The minimum absolute atomic E-state index is 0.100. The van der Waals surface area contributed by atoms with Crippen molar-refractivity contribution in [3.05, 3.63) is 58.3 Å². The van der Waals surface area contributed by atoms with Gasteiger partial charge in [0.05, 0.1) is 11.4 Å². The molecular weight excluding hydrogens is 433 g/mol. The van der Waals surface area contributed by atoms with E-state index in [1.165, 1.54) is 22.7 Å². The number of amides is 1. The fourth-order valence-electron chi connectivity index (χ4n) is 3.92. The summed E-state index contributed by atoms with van der Waals surface area (Å²) in [6.07, 6.45) is 3.08. The average molecular weight is 458 g/mol. The number of carbonyl (C=O) groups excluding carboxylic acids is 1. The van der Waals surface area contributed by atoms with Gasteiger partial charge in [0.1, 0.15) is 11.6 Å². The van der Waals surface area contributed by atoms with E-state index in [1.807, 2.05) is 15.9 Å². The normalized spacial score (nSPS) is 16.7. The number of rotatable bonds is 7. The highest BCUT2D eigenvalue weighted by atomic mass is 32.2. The lowest BCUT2D eigenvalue weighted by molar-refractivity contribution is -0.128. The highest BCUT2D eigenvalue weighted by molar-refractivity contribution is 7.99. The maximum absolute atomic E-state index is 14.0. The number of para-hydroxylation sites is 1. The van der Waals surface area contributed by atoms with Crippen molar-refractivity contribution in [2.75, 3.05) is 36.8 Å². The Bertz CT molecular complexity index is 1040. The molecule has 9 heteroatoms. The standard InChI is InChI=1S/C22H24FN5OS2/c23-18-5-1-2-6-19(18)26-9-11-27(12-10-26)21(29)15-31-22-25-24-20(28(22)16-7-8-16)14-17-4-3-13-30-17/h1-6,13,16H,7-12,14-15H2. The molecule has 0 spiro atoms. The number of hydrogen-bond donors (Lipinski definition) is 0. The van der Waals surface area contributed by atoms with Crippen LogP contribution in [0, 0.1) is 5.82 Å². The molecule has 2 aliphatic rings. The molecule has 0 atom stereocenters. The topological polar surface area (TPSA) is 54.3 Å². The van der Waals surface area contributed by atoms with E-state index in [0.29, 0.717) is 43.7 Å². The van der Waals surface area contributed by atoms with Gasteiger partial charge in [-0.2, -0.15) is 0 Å². The number of hydrogen-bond acceptors (Lipinski definition) is 6. The summed E-state index contributed by atoms with van der Waals surface area (Å²) in [5.41, 5.74) is 0.611. The fourth-order valence-corrected chi connectivity index (χ4v) is 5.55. The van der Waals surface area contributed by atoms with Gasteiger partial charge in [0, 0.05) is 43.5 Å². The molecule has 1 aliphatic carbocycles. The second-order valence-corrected chi connectivity index (χ2v) is 9.84. The van der Waals surface area contributed by atoms with Crippen LogP contribution in [0.5, 0.6) is 0 Å². The Morgan fingerprint density at radius 2 is 1.90 bits per heavy atom. The van der Waals surface area contributed by atoms with E-state index in [0.717, 1.165) is 30.2 Å². The minimum Gasteiger partial charge on any atom is -0.366 e. The van der Waals surface area contributed by atoms with Gasteiger partial charge in [0.25, 0.3) is 0 Å². The lowest BCUT2D eigenvalue weighted by Gasteiger charge is -2.36. The third kappa shape index (κ3) is 4.62. The predicted molar refractivity (Wildman–Crippen MR) is 121 cm³/mol. The summed E-state index contributed by atoms with van der Waals surface area (Å²) in [7, 11) is 0. The van der Waals surface area contributed by atoms with Gasteiger partial charge >= 0.3 is 0 Å². The maximum Gasteiger partial charge on any atom is 0.233 e. The second kappa shape index (κ2) is 9.00. The molecule has 0 unspecified atom stereocenters. The molecule has 1 amide bonds. The molecule has 2 fully saturated rings. The van der Waals surface area contributed by atoms with Gasteiger partial charge in [0.15, 0.2) is 5.16 Å². The van der Waals surface area contributed by atoms with Crippen molar-refractivity contribution in [2.24, 2.45) is 0 Å². The van der Waals surface area contributed by atoms with Gasteiger partial charge in [-0.25, -0.2) is 4.39 Å². The molecule has 1 saturated carbocycles. The Morgan fingerprint density at radius 1 is 1.10 bits per heavy atom. The summed E-state index contributed by atoms with van der Waals surface area (Å²) in [6.45, 7) is 2.49. The van der Waals surface area contributed by atoms with Crippen LogP contribution in [0.15, 0.2) is 46.9 Å². The van der Waals surface area contributed by atoms with Gasteiger partial charge in [-0.1, -0.05) is 30.0 Å². The first-order chi connectivity index (χ1) is 15.2. The maximum atomic E-state index is 14.0. The molecule has 1 saturated heterocycles. The quantitative estimate of drug-likeness (QED) is 0.505. The summed E-state index contributed by atoms with van der Waals surface area (Å²) < 4.78 is 16.3.